The lowest BCUT2D eigenvalue weighted by atomic mass is 9.95. The summed E-state index contributed by atoms with van der Waals surface area (Å²) in [5.41, 5.74) is 1.12. The van der Waals surface area contributed by atoms with Crippen molar-refractivity contribution in [3.63, 3.8) is 0 Å². The molecule has 4 rings (SSSR count). The molecule has 1 aliphatic rings. The van der Waals surface area contributed by atoms with E-state index in [0.29, 0.717) is 18.0 Å². The van der Waals surface area contributed by atoms with Gasteiger partial charge in [0.05, 0.1) is 17.2 Å². The van der Waals surface area contributed by atoms with E-state index < -0.39 is 28.5 Å². The first-order valence-electron chi connectivity index (χ1n) is 14.4. The van der Waals surface area contributed by atoms with Crippen LogP contribution in [0.4, 0.5) is 5.69 Å². The molecule has 43 heavy (non-hydrogen) atoms. The first kappa shape index (κ1) is 33.0. The van der Waals surface area contributed by atoms with Crippen LogP contribution in [0.3, 0.4) is 0 Å². The van der Waals surface area contributed by atoms with Crippen molar-refractivity contribution >= 4 is 59.4 Å². The van der Waals surface area contributed by atoms with Crippen LogP contribution < -0.4 is 14.4 Å². The molecular formula is C32H37Br2N3O5S. The second-order valence-corrected chi connectivity index (χ2v) is 14.3. The van der Waals surface area contributed by atoms with Gasteiger partial charge in [-0.25, -0.2) is 8.42 Å². The number of ether oxygens (including phenoxy) is 1. The molecule has 0 spiro atoms. The van der Waals surface area contributed by atoms with E-state index in [0.717, 1.165) is 50.9 Å². The quantitative estimate of drug-likeness (QED) is 0.224. The van der Waals surface area contributed by atoms with Crippen LogP contribution >= 0.6 is 31.9 Å². The van der Waals surface area contributed by atoms with Crippen LogP contribution in [0.15, 0.2) is 86.6 Å². The van der Waals surface area contributed by atoms with E-state index in [2.05, 4.69) is 37.2 Å². The van der Waals surface area contributed by atoms with Crippen LogP contribution in [0.25, 0.3) is 0 Å². The van der Waals surface area contributed by atoms with E-state index >= 15 is 0 Å². The largest absolute Gasteiger partial charge is 0.494 e. The van der Waals surface area contributed by atoms with Gasteiger partial charge in [-0.1, -0.05) is 63.3 Å². The molecule has 1 saturated carbocycles. The highest BCUT2D eigenvalue weighted by atomic mass is 79.9. The van der Waals surface area contributed by atoms with E-state index in [4.69, 9.17) is 4.74 Å². The molecule has 0 aromatic heterocycles. The Morgan fingerprint density at radius 2 is 1.49 bits per heavy atom. The molecule has 0 bridgehead atoms. The normalized spacial score (nSPS) is 14.5. The van der Waals surface area contributed by atoms with Crippen molar-refractivity contribution in [1.82, 2.24) is 10.2 Å². The molecule has 8 nitrogen and oxygen atoms in total. The molecule has 3 aromatic carbocycles. The van der Waals surface area contributed by atoms with E-state index in [1.165, 1.54) is 17.0 Å². The first-order valence-corrected chi connectivity index (χ1v) is 17.5. The fourth-order valence-corrected chi connectivity index (χ4v) is 7.02. The van der Waals surface area contributed by atoms with Gasteiger partial charge in [0.1, 0.15) is 18.3 Å². The third kappa shape index (κ3) is 8.83. The number of carbonyl (C=O) groups is 2. The van der Waals surface area contributed by atoms with Gasteiger partial charge < -0.3 is 15.0 Å². The number of anilines is 1. The van der Waals surface area contributed by atoms with Crippen molar-refractivity contribution in [1.29, 1.82) is 0 Å². The minimum absolute atomic E-state index is 0.0416. The molecular weight excluding hydrogens is 698 g/mol. The minimum Gasteiger partial charge on any atom is -0.494 e. The minimum atomic E-state index is -4.15. The summed E-state index contributed by atoms with van der Waals surface area (Å²) < 4.78 is 36.3. The van der Waals surface area contributed by atoms with Crippen molar-refractivity contribution in [2.24, 2.45) is 0 Å². The summed E-state index contributed by atoms with van der Waals surface area (Å²) in [6.45, 7) is 3.66. The number of benzene rings is 3. The van der Waals surface area contributed by atoms with Gasteiger partial charge in [0.15, 0.2) is 0 Å². The number of carbonyl (C=O) groups excluding carboxylic acids is 2. The zero-order valence-corrected chi connectivity index (χ0v) is 28.3. The van der Waals surface area contributed by atoms with E-state index in [9.17, 15) is 18.0 Å². The predicted molar refractivity (Wildman–Crippen MR) is 175 cm³/mol. The molecule has 0 heterocycles. The number of amides is 2. The summed E-state index contributed by atoms with van der Waals surface area (Å²) in [6.07, 6.45) is 5.11. The van der Waals surface area contributed by atoms with Gasteiger partial charge in [0, 0.05) is 21.5 Å². The molecule has 0 saturated heterocycles. The fourth-order valence-electron chi connectivity index (χ4n) is 5.08. The van der Waals surface area contributed by atoms with Crippen LogP contribution in [0, 0.1) is 0 Å². The molecule has 1 N–H and O–H groups in total. The fraction of sp³-hybridized carbons (Fsp3) is 0.375. The summed E-state index contributed by atoms with van der Waals surface area (Å²) in [7, 11) is -4.15. The molecule has 0 aliphatic heterocycles. The van der Waals surface area contributed by atoms with Crippen molar-refractivity contribution in [3.8, 4) is 5.75 Å². The topological polar surface area (TPSA) is 96.0 Å². The lowest BCUT2D eigenvalue weighted by Crippen LogP contribution is -2.53. The average molecular weight is 736 g/mol. The van der Waals surface area contributed by atoms with Crippen LogP contribution in [-0.4, -0.2) is 50.4 Å². The maximum Gasteiger partial charge on any atom is 0.264 e. The molecule has 3 aromatic rings. The number of hydrogen-bond acceptors (Lipinski definition) is 5. The number of rotatable bonds is 12. The summed E-state index contributed by atoms with van der Waals surface area (Å²) in [5, 5.41) is 3.12. The van der Waals surface area contributed by atoms with E-state index in [1.54, 1.807) is 43.3 Å². The number of sulfonamides is 1. The predicted octanol–water partition coefficient (Wildman–Crippen LogP) is 6.67. The molecule has 11 heteroatoms. The maximum atomic E-state index is 14.1. The Balaban J connectivity index is 1.67. The number of hydrogen-bond donors (Lipinski definition) is 1. The Bertz CT molecular complexity index is 1480. The van der Waals surface area contributed by atoms with Crippen molar-refractivity contribution in [2.45, 2.75) is 69.5 Å². The lowest BCUT2D eigenvalue weighted by molar-refractivity contribution is -0.139. The Morgan fingerprint density at radius 3 is 2.07 bits per heavy atom. The van der Waals surface area contributed by atoms with Crippen molar-refractivity contribution in [3.05, 3.63) is 87.3 Å². The van der Waals surface area contributed by atoms with Crippen molar-refractivity contribution < 1.29 is 22.7 Å². The third-order valence-electron chi connectivity index (χ3n) is 7.50. The summed E-state index contributed by atoms with van der Waals surface area (Å²) >= 11 is 6.79. The van der Waals surface area contributed by atoms with Gasteiger partial charge >= 0.3 is 0 Å². The number of nitrogens with one attached hydrogen (secondary N) is 1. The molecule has 230 valence electrons. The van der Waals surface area contributed by atoms with Crippen LogP contribution in [-0.2, 0) is 26.2 Å². The Labute approximate surface area is 271 Å². The van der Waals surface area contributed by atoms with Gasteiger partial charge in [0.2, 0.25) is 11.8 Å². The number of nitrogens with zero attached hydrogens (tertiary/aromatic N) is 2. The molecule has 0 unspecified atom stereocenters. The highest BCUT2D eigenvalue weighted by Crippen LogP contribution is 2.28. The maximum absolute atomic E-state index is 14.1. The number of halogens is 2. The SMILES string of the molecule is CCOc1ccc(N(CC(=O)N(Cc2ccc(Br)cc2)[C@H](C)C(=O)NC2CCCCC2)S(=O)(=O)c2ccc(Br)cc2)cc1. The van der Waals surface area contributed by atoms with Crippen molar-refractivity contribution in [2.75, 3.05) is 17.5 Å². The molecule has 1 atom stereocenters. The summed E-state index contributed by atoms with van der Waals surface area (Å²) in [4.78, 5) is 29.1. The third-order valence-corrected chi connectivity index (χ3v) is 10.3. The van der Waals surface area contributed by atoms with Crippen LogP contribution in [0.1, 0.15) is 51.5 Å². The van der Waals surface area contributed by atoms with Gasteiger partial charge in [0.25, 0.3) is 10.0 Å². The zero-order chi connectivity index (χ0) is 31.0. The molecule has 0 radical (unpaired) electrons. The van der Waals surface area contributed by atoms with Gasteiger partial charge in [-0.3, -0.25) is 13.9 Å². The van der Waals surface area contributed by atoms with Crippen LogP contribution in [0.5, 0.6) is 5.75 Å². The monoisotopic (exact) mass is 733 g/mol. The Morgan fingerprint density at radius 1 is 0.907 bits per heavy atom. The Kier molecular flexibility index (Phi) is 11.7. The first-order chi connectivity index (χ1) is 20.6. The summed E-state index contributed by atoms with van der Waals surface area (Å²) in [6, 6.07) is 19.6. The zero-order valence-electron chi connectivity index (χ0n) is 24.3. The highest BCUT2D eigenvalue weighted by Gasteiger charge is 2.33. The van der Waals surface area contributed by atoms with Gasteiger partial charge in [-0.2, -0.15) is 0 Å². The van der Waals surface area contributed by atoms with Crippen LogP contribution in [0.2, 0.25) is 0 Å². The van der Waals surface area contributed by atoms with Gasteiger partial charge in [-0.05, 0) is 92.9 Å². The second kappa shape index (κ2) is 15.2. The average Bonchev–Trinajstić information content (AvgIpc) is 3.00. The molecule has 1 fully saturated rings. The van der Waals surface area contributed by atoms with Gasteiger partial charge in [-0.15, -0.1) is 0 Å². The summed E-state index contributed by atoms with van der Waals surface area (Å²) in [5.74, 6) is -0.159. The standard InChI is InChI=1S/C32H37Br2N3O5S/c1-3-42-29-17-15-28(16-18-29)37(43(40,41)30-19-13-26(34)14-20-30)22-31(38)36(21-24-9-11-25(33)12-10-24)23(2)32(39)35-27-7-5-4-6-8-27/h9-20,23,27H,3-8,21-22H2,1-2H3,(H,35,39)/t23-/m1/s1. The molecule has 1 aliphatic carbocycles. The highest BCUT2D eigenvalue weighted by molar-refractivity contribution is 9.10. The van der Waals surface area contributed by atoms with E-state index in [-0.39, 0.29) is 23.4 Å². The van der Waals surface area contributed by atoms with E-state index in [1.807, 2.05) is 31.2 Å². The molecule has 2 amide bonds. The smallest absolute Gasteiger partial charge is 0.264 e. The second-order valence-electron chi connectivity index (χ2n) is 10.6. The lowest BCUT2D eigenvalue weighted by Gasteiger charge is -2.33. The Hall–Kier alpha value is -2.89.